The highest BCUT2D eigenvalue weighted by Crippen LogP contribution is 2.52. The van der Waals surface area contributed by atoms with Gasteiger partial charge in [0.15, 0.2) is 11.5 Å². The van der Waals surface area contributed by atoms with E-state index in [1.165, 1.54) is 0 Å². The number of methoxy groups -OCH3 is 2. The van der Waals surface area contributed by atoms with Gasteiger partial charge in [-0.05, 0) is 18.1 Å². The Kier molecular flexibility index (Phi) is 3.65. The molecular weight excluding hydrogens is 312 g/mol. The number of hydrogen-bond acceptors (Lipinski definition) is 4. The fourth-order valence-corrected chi connectivity index (χ4v) is 4.11. The van der Waals surface area contributed by atoms with Crippen molar-refractivity contribution in [1.82, 2.24) is 0 Å². The van der Waals surface area contributed by atoms with Gasteiger partial charge in [0.25, 0.3) is 0 Å². The minimum absolute atomic E-state index is 0.0320. The van der Waals surface area contributed by atoms with E-state index in [2.05, 4.69) is 35.3 Å². The summed E-state index contributed by atoms with van der Waals surface area (Å²) in [6.07, 6.45) is 4.96. The number of anilines is 1. The first-order chi connectivity index (χ1) is 12.2. The lowest BCUT2D eigenvalue weighted by molar-refractivity contribution is 0.354. The van der Waals surface area contributed by atoms with Crippen LogP contribution in [-0.2, 0) is 11.8 Å². The zero-order valence-corrected chi connectivity index (χ0v) is 14.4. The molecule has 126 valence electrons. The monoisotopic (exact) mass is 332 g/mol. The molecule has 2 aromatic rings. The summed E-state index contributed by atoms with van der Waals surface area (Å²) in [6, 6.07) is 16.9. The molecule has 2 aliphatic rings. The van der Waals surface area contributed by atoms with Gasteiger partial charge in [0, 0.05) is 23.9 Å². The Morgan fingerprint density at radius 2 is 1.88 bits per heavy atom. The van der Waals surface area contributed by atoms with Crippen LogP contribution >= 0.6 is 0 Å². The Labute approximate surface area is 147 Å². The third-order valence-corrected chi connectivity index (χ3v) is 5.28. The molecule has 4 heteroatoms. The molecule has 0 unspecified atom stereocenters. The molecule has 2 aromatic carbocycles. The molecule has 0 aromatic heterocycles. The number of nitrogens with zero attached hydrogens (tertiary/aromatic N) is 2. The van der Waals surface area contributed by atoms with Gasteiger partial charge in [-0.3, -0.25) is 0 Å². The molecule has 4 rings (SSSR count). The summed E-state index contributed by atoms with van der Waals surface area (Å²) in [7, 11) is 3.27. The number of hydrogen-bond donors (Lipinski definition) is 0. The molecular formula is C21H20N2O2. The Hall–Kier alpha value is -2.93. The van der Waals surface area contributed by atoms with E-state index in [1.807, 2.05) is 30.3 Å². The maximum atomic E-state index is 10.3. The SMILES string of the molecule is COc1cc2c(cc1OC)[C@](C#N)(Cc1ccccc1)[C@H]1C=CCN21. The zero-order valence-electron chi connectivity index (χ0n) is 14.4. The van der Waals surface area contributed by atoms with Crippen molar-refractivity contribution in [3.8, 4) is 17.6 Å². The van der Waals surface area contributed by atoms with Gasteiger partial charge in [-0.2, -0.15) is 5.26 Å². The summed E-state index contributed by atoms with van der Waals surface area (Å²) >= 11 is 0. The van der Waals surface area contributed by atoms with Crippen LogP contribution in [0.1, 0.15) is 11.1 Å². The molecule has 0 spiro atoms. The lowest BCUT2D eigenvalue weighted by Crippen LogP contribution is -2.41. The third-order valence-electron chi connectivity index (χ3n) is 5.28. The molecule has 2 heterocycles. The average molecular weight is 332 g/mol. The van der Waals surface area contributed by atoms with Crippen molar-refractivity contribution in [3.63, 3.8) is 0 Å². The summed E-state index contributed by atoms with van der Waals surface area (Å²) in [6.45, 7) is 0.811. The summed E-state index contributed by atoms with van der Waals surface area (Å²) in [5.41, 5.74) is 2.60. The maximum Gasteiger partial charge on any atom is 0.162 e. The van der Waals surface area contributed by atoms with Crippen LogP contribution in [0.4, 0.5) is 5.69 Å². The van der Waals surface area contributed by atoms with Crippen molar-refractivity contribution in [2.75, 3.05) is 25.7 Å². The number of rotatable bonds is 4. The molecule has 0 radical (unpaired) electrons. The van der Waals surface area contributed by atoms with E-state index in [-0.39, 0.29) is 6.04 Å². The molecule has 0 saturated heterocycles. The Balaban J connectivity index is 1.90. The standard InChI is InChI=1S/C21H20N2O2/c1-24-18-11-16-17(12-19(18)25-2)23-10-6-9-20(23)21(16,14-22)13-15-7-4-3-5-8-15/h3-9,11-12,20H,10,13H2,1-2H3/t20-,21-/m1/s1. The second kappa shape index (κ2) is 5.86. The van der Waals surface area contributed by atoms with Crippen molar-refractivity contribution < 1.29 is 9.47 Å². The van der Waals surface area contributed by atoms with Crippen molar-refractivity contribution in [3.05, 3.63) is 65.7 Å². The van der Waals surface area contributed by atoms with Gasteiger partial charge in [0.1, 0.15) is 5.41 Å². The maximum absolute atomic E-state index is 10.3. The molecule has 0 amide bonds. The molecule has 25 heavy (non-hydrogen) atoms. The summed E-state index contributed by atoms with van der Waals surface area (Å²) in [5, 5.41) is 10.3. The van der Waals surface area contributed by atoms with Crippen molar-refractivity contribution >= 4 is 5.69 Å². The minimum Gasteiger partial charge on any atom is -0.493 e. The van der Waals surface area contributed by atoms with E-state index >= 15 is 0 Å². The largest absolute Gasteiger partial charge is 0.493 e. The summed E-state index contributed by atoms with van der Waals surface area (Å²) in [5.74, 6) is 1.36. The van der Waals surface area contributed by atoms with E-state index in [0.717, 1.165) is 23.4 Å². The fourth-order valence-electron chi connectivity index (χ4n) is 4.11. The summed E-state index contributed by atoms with van der Waals surface area (Å²) in [4.78, 5) is 2.28. The predicted octanol–water partition coefficient (Wildman–Crippen LogP) is 3.47. The van der Waals surface area contributed by atoms with Crippen LogP contribution in [0.2, 0.25) is 0 Å². The van der Waals surface area contributed by atoms with Gasteiger partial charge in [-0.15, -0.1) is 0 Å². The predicted molar refractivity (Wildman–Crippen MR) is 97.3 cm³/mol. The van der Waals surface area contributed by atoms with Crippen molar-refractivity contribution in [2.45, 2.75) is 17.9 Å². The number of nitriles is 1. The highest BCUT2D eigenvalue weighted by Gasteiger charge is 2.52. The zero-order chi connectivity index (χ0) is 17.4. The van der Waals surface area contributed by atoms with E-state index in [0.29, 0.717) is 17.9 Å². The van der Waals surface area contributed by atoms with Crippen LogP contribution in [0, 0.1) is 11.3 Å². The minimum atomic E-state index is -0.636. The first-order valence-electron chi connectivity index (χ1n) is 8.38. The Morgan fingerprint density at radius 3 is 2.56 bits per heavy atom. The molecule has 0 N–H and O–H groups in total. The number of benzene rings is 2. The topological polar surface area (TPSA) is 45.5 Å². The van der Waals surface area contributed by atoms with Gasteiger partial charge in [-0.25, -0.2) is 0 Å². The van der Waals surface area contributed by atoms with Gasteiger partial charge >= 0.3 is 0 Å². The quantitative estimate of drug-likeness (QED) is 0.804. The molecule has 0 saturated carbocycles. The smallest absolute Gasteiger partial charge is 0.162 e. The fraction of sp³-hybridized carbons (Fsp3) is 0.286. The third kappa shape index (κ3) is 2.20. The van der Waals surface area contributed by atoms with Gasteiger partial charge < -0.3 is 14.4 Å². The second-order valence-corrected chi connectivity index (χ2v) is 6.50. The van der Waals surface area contributed by atoms with E-state index in [9.17, 15) is 5.26 Å². The van der Waals surface area contributed by atoms with Crippen LogP contribution in [0.5, 0.6) is 11.5 Å². The highest BCUT2D eigenvalue weighted by atomic mass is 16.5. The van der Waals surface area contributed by atoms with Crippen LogP contribution < -0.4 is 14.4 Å². The molecule has 0 aliphatic carbocycles. The van der Waals surface area contributed by atoms with Crippen LogP contribution in [-0.4, -0.2) is 26.8 Å². The van der Waals surface area contributed by atoms with Crippen molar-refractivity contribution in [1.29, 1.82) is 5.26 Å². The lowest BCUT2D eigenvalue weighted by atomic mass is 9.73. The Morgan fingerprint density at radius 1 is 1.16 bits per heavy atom. The van der Waals surface area contributed by atoms with Crippen LogP contribution in [0.15, 0.2) is 54.6 Å². The number of ether oxygens (including phenoxy) is 2. The molecule has 0 fully saturated rings. The highest BCUT2D eigenvalue weighted by molar-refractivity contribution is 5.74. The molecule has 2 aliphatic heterocycles. The first kappa shape index (κ1) is 15.6. The van der Waals surface area contributed by atoms with Crippen LogP contribution in [0.25, 0.3) is 0 Å². The van der Waals surface area contributed by atoms with Crippen molar-refractivity contribution in [2.24, 2.45) is 0 Å². The summed E-state index contributed by atoms with van der Waals surface area (Å²) < 4.78 is 11.0. The van der Waals surface area contributed by atoms with Gasteiger partial charge in [-0.1, -0.05) is 42.5 Å². The normalized spacial score (nSPS) is 23.1. The molecule has 2 atom stereocenters. The van der Waals surface area contributed by atoms with E-state index in [1.54, 1.807) is 14.2 Å². The van der Waals surface area contributed by atoms with E-state index in [4.69, 9.17) is 9.47 Å². The van der Waals surface area contributed by atoms with Gasteiger partial charge in [0.05, 0.1) is 26.3 Å². The molecule has 4 nitrogen and oxygen atoms in total. The lowest BCUT2D eigenvalue weighted by Gasteiger charge is -2.29. The second-order valence-electron chi connectivity index (χ2n) is 6.50. The first-order valence-corrected chi connectivity index (χ1v) is 8.38. The van der Waals surface area contributed by atoms with E-state index < -0.39 is 5.41 Å². The van der Waals surface area contributed by atoms with Gasteiger partial charge in [0.2, 0.25) is 0 Å². The average Bonchev–Trinajstić information content (AvgIpc) is 3.23. The Bertz CT molecular complexity index is 869. The number of fused-ring (bicyclic) bond motifs is 3. The van der Waals surface area contributed by atoms with Crippen LogP contribution in [0.3, 0.4) is 0 Å². The molecule has 0 bridgehead atoms.